The summed E-state index contributed by atoms with van der Waals surface area (Å²) in [4.78, 5) is 0.959. The van der Waals surface area contributed by atoms with Crippen LogP contribution in [0.2, 0.25) is 0 Å². The Morgan fingerprint density at radius 1 is 1.22 bits per heavy atom. The van der Waals surface area contributed by atoms with Crippen molar-refractivity contribution in [1.29, 1.82) is 0 Å². The standard InChI is InChI=1S/C8H9S/c1-6-3-4-8(9)7(2)5-6/h3-5H,1-2H3. The van der Waals surface area contributed by atoms with Crippen molar-refractivity contribution >= 4 is 12.6 Å². The molecule has 0 unspecified atom stereocenters. The highest BCUT2D eigenvalue weighted by molar-refractivity contribution is 7.80. The third-order valence-electron chi connectivity index (χ3n) is 1.33. The van der Waals surface area contributed by atoms with Gasteiger partial charge in [0.25, 0.3) is 0 Å². The summed E-state index contributed by atoms with van der Waals surface area (Å²) < 4.78 is 0. The first-order chi connectivity index (χ1) is 4.20. The van der Waals surface area contributed by atoms with Gasteiger partial charge >= 0.3 is 0 Å². The fourth-order valence-electron chi connectivity index (χ4n) is 0.799. The van der Waals surface area contributed by atoms with Gasteiger partial charge < -0.3 is 0 Å². The molecule has 47 valence electrons. The van der Waals surface area contributed by atoms with E-state index in [9.17, 15) is 0 Å². The molecule has 0 aliphatic carbocycles. The van der Waals surface area contributed by atoms with Crippen LogP contribution in [0.15, 0.2) is 23.1 Å². The zero-order chi connectivity index (χ0) is 6.85. The lowest BCUT2D eigenvalue weighted by molar-refractivity contribution is 1.27. The van der Waals surface area contributed by atoms with Gasteiger partial charge in [0.2, 0.25) is 0 Å². The predicted octanol–water partition coefficient (Wildman–Crippen LogP) is 2.86. The van der Waals surface area contributed by atoms with Crippen molar-refractivity contribution in [3.05, 3.63) is 29.3 Å². The molecule has 0 fully saturated rings. The molecule has 1 aromatic carbocycles. The molecule has 1 aromatic rings. The monoisotopic (exact) mass is 137 g/mol. The van der Waals surface area contributed by atoms with E-state index in [4.69, 9.17) is 12.6 Å². The first-order valence-corrected chi connectivity index (χ1v) is 3.35. The zero-order valence-electron chi connectivity index (χ0n) is 5.64. The van der Waals surface area contributed by atoms with Gasteiger partial charge in [0, 0.05) is 4.90 Å². The average Bonchev–Trinajstić information content (AvgIpc) is 1.80. The van der Waals surface area contributed by atoms with Gasteiger partial charge in [0.15, 0.2) is 0 Å². The van der Waals surface area contributed by atoms with E-state index in [1.807, 2.05) is 19.1 Å². The van der Waals surface area contributed by atoms with E-state index in [-0.39, 0.29) is 0 Å². The second kappa shape index (κ2) is 2.36. The number of benzene rings is 1. The first-order valence-electron chi connectivity index (χ1n) is 2.94. The molecule has 0 aliphatic rings. The summed E-state index contributed by atoms with van der Waals surface area (Å²) in [6.45, 7) is 4.11. The van der Waals surface area contributed by atoms with E-state index >= 15 is 0 Å². The summed E-state index contributed by atoms with van der Waals surface area (Å²) in [5.74, 6) is 0. The molecule has 0 heterocycles. The molecule has 0 N–H and O–H groups in total. The fourth-order valence-corrected chi connectivity index (χ4v) is 0.926. The maximum absolute atomic E-state index is 5.01. The summed E-state index contributed by atoms with van der Waals surface area (Å²) in [5, 5.41) is 0. The molecule has 0 atom stereocenters. The van der Waals surface area contributed by atoms with Crippen LogP contribution in [0.3, 0.4) is 0 Å². The highest BCUT2D eigenvalue weighted by atomic mass is 32.1. The van der Waals surface area contributed by atoms with E-state index < -0.39 is 0 Å². The molecule has 0 aliphatic heterocycles. The Kier molecular flexibility index (Phi) is 1.72. The molecule has 0 saturated carbocycles. The van der Waals surface area contributed by atoms with Gasteiger partial charge in [0.1, 0.15) is 0 Å². The summed E-state index contributed by atoms with van der Waals surface area (Å²) >= 11 is 5.01. The highest BCUT2D eigenvalue weighted by Gasteiger charge is 1.91. The van der Waals surface area contributed by atoms with Gasteiger partial charge in [-0.2, -0.15) is 0 Å². The lowest BCUT2D eigenvalue weighted by Crippen LogP contribution is -1.76. The molecule has 1 radical (unpaired) electrons. The van der Waals surface area contributed by atoms with Crippen molar-refractivity contribution in [2.45, 2.75) is 18.7 Å². The van der Waals surface area contributed by atoms with E-state index in [1.165, 1.54) is 11.1 Å². The highest BCUT2D eigenvalue weighted by Crippen LogP contribution is 2.13. The SMILES string of the molecule is Cc1ccc([S])c(C)c1. The smallest absolute Gasteiger partial charge is 0.0406 e. The van der Waals surface area contributed by atoms with Crippen molar-refractivity contribution in [3.8, 4) is 0 Å². The Balaban J connectivity index is 3.17. The van der Waals surface area contributed by atoms with Crippen LogP contribution in [-0.4, -0.2) is 0 Å². The second-order valence-corrected chi connectivity index (χ2v) is 2.71. The van der Waals surface area contributed by atoms with Crippen LogP contribution < -0.4 is 0 Å². The topological polar surface area (TPSA) is 0 Å². The van der Waals surface area contributed by atoms with Crippen LogP contribution in [0.5, 0.6) is 0 Å². The van der Waals surface area contributed by atoms with Crippen molar-refractivity contribution < 1.29 is 0 Å². The molecule has 0 aromatic heterocycles. The van der Waals surface area contributed by atoms with Gasteiger partial charge in [-0.05, 0) is 25.5 Å². The third-order valence-corrected chi connectivity index (χ3v) is 1.79. The molecule has 1 heteroatoms. The largest absolute Gasteiger partial charge is 0.0798 e. The van der Waals surface area contributed by atoms with Crippen molar-refractivity contribution in [2.75, 3.05) is 0 Å². The Hall–Kier alpha value is -0.560. The Labute approximate surface area is 61.3 Å². The van der Waals surface area contributed by atoms with Gasteiger partial charge in [0.05, 0.1) is 0 Å². The van der Waals surface area contributed by atoms with Gasteiger partial charge in [-0.15, -0.1) is 0 Å². The Morgan fingerprint density at radius 3 is 2.33 bits per heavy atom. The lowest BCUT2D eigenvalue weighted by atomic mass is 10.2. The average molecular weight is 137 g/mol. The van der Waals surface area contributed by atoms with E-state index in [0.29, 0.717) is 0 Å². The van der Waals surface area contributed by atoms with Crippen LogP contribution in [0, 0.1) is 13.8 Å². The zero-order valence-corrected chi connectivity index (χ0v) is 6.46. The quantitative estimate of drug-likeness (QED) is 0.516. The van der Waals surface area contributed by atoms with Crippen LogP contribution >= 0.6 is 12.6 Å². The molecule has 0 nitrogen and oxygen atoms in total. The fraction of sp³-hybridized carbons (Fsp3) is 0.250. The lowest BCUT2D eigenvalue weighted by Gasteiger charge is -1.96. The number of rotatable bonds is 0. The maximum Gasteiger partial charge on any atom is 0.0406 e. The molecule has 0 amide bonds. The Bertz CT molecular complexity index is 216. The summed E-state index contributed by atoms with van der Waals surface area (Å²) in [6, 6.07) is 6.11. The minimum atomic E-state index is 0.959. The normalized spacial score (nSPS) is 9.56. The van der Waals surface area contributed by atoms with Crippen molar-refractivity contribution in [3.63, 3.8) is 0 Å². The van der Waals surface area contributed by atoms with Crippen LogP contribution in [0.4, 0.5) is 0 Å². The predicted molar refractivity (Wildman–Crippen MR) is 41.8 cm³/mol. The van der Waals surface area contributed by atoms with Crippen molar-refractivity contribution in [2.24, 2.45) is 0 Å². The maximum atomic E-state index is 5.01. The van der Waals surface area contributed by atoms with Gasteiger partial charge in [-0.1, -0.05) is 30.3 Å². The number of aryl methyl sites for hydroxylation is 2. The minimum absolute atomic E-state index is 0.959. The number of hydrogen-bond acceptors (Lipinski definition) is 0. The summed E-state index contributed by atoms with van der Waals surface area (Å²) in [5.41, 5.74) is 2.48. The van der Waals surface area contributed by atoms with Crippen LogP contribution in [0.1, 0.15) is 11.1 Å². The second-order valence-electron chi connectivity index (χ2n) is 2.27. The van der Waals surface area contributed by atoms with E-state index in [0.717, 1.165) is 4.90 Å². The molecule has 0 spiro atoms. The van der Waals surface area contributed by atoms with E-state index in [2.05, 4.69) is 13.0 Å². The van der Waals surface area contributed by atoms with Gasteiger partial charge in [-0.3, -0.25) is 0 Å². The van der Waals surface area contributed by atoms with Crippen molar-refractivity contribution in [1.82, 2.24) is 0 Å². The number of hydrogen-bond donors (Lipinski definition) is 0. The molecule has 9 heavy (non-hydrogen) atoms. The molecular weight excluding hydrogens is 128 g/mol. The molecular formula is C8H9S. The van der Waals surface area contributed by atoms with Crippen LogP contribution in [-0.2, 0) is 0 Å². The molecule has 0 saturated heterocycles. The molecule has 1 rings (SSSR count). The summed E-state index contributed by atoms with van der Waals surface area (Å²) in [7, 11) is 0. The Morgan fingerprint density at radius 2 is 1.89 bits per heavy atom. The van der Waals surface area contributed by atoms with E-state index in [1.54, 1.807) is 0 Å². The minimum Gasteiger partial charge on any atom is -0.0798 e. The molecule has 0 bridgehead atoms. The van der Waals surface area contributed by atoms with Crippen LogP contribution in [0.25, 0.3) is 0 Å². The first kappa shape index (κ1) is 6.56. The summed E-state index contributed by atoms with van der Waals surface area (Å²) in [6.07, 6.45) is 0. The third kappa shape index (κ3) is 1.42. The van der Waals surface area contributed by atoms with Gasteiger partial charge in [-0.25, -0.2) is 0 Å².